The normalized spacial score (nSPS) is 18.4. The van der Waals surface area contributed by atoms with Gasteiger partial charge in [0.25, 0.3) is 5.91 Å². The molecule has 2 aromatic carbocycles. The summed E-state index contributed by atoms with van der Waals surface area (Å²) in [5, 5.41) is 5.42. The standard InChI is InChI=1S/C22H23N5O4/c1-4-26-17-8-6-5-7-16(17)23-20(26)24-18(28)13-27-19(29)22(2,25-21(27)30)14-9-11-15(31-3)12-10-14/h5-12H,4,13H2,1-3H3,(H,25,30)(H,23,24,28). The number of imide groups is 1. The van der Waals surface area contributed by atoms with Crippen molar-refractivity contribution in [2.24, 2.45) is 0 Å². The number of methoxy groups -OCH3 is 1. The van der Waals surface area contributed by atoms with Crippen LogP contribution in [-0.4, -0.2) is 46.0 Å². The van der Waals surface area contributed by atoms with E-state index in [0.717, 1.165) is 15.9 Å². The van der Waals surface area contributed by atoms with Crippen LogP contribution in [-0.2, 0) is 21.7 Å². The number of aromatic nitrogens is 2. The number of benzene rings is 2. The lowest BCUT2D eigenvalue weighted by Crippen LogP contribution is -2.42. The summed E-state index contributed by atoms with van der Waals surface area (Å²) in [6.45, 7) is 3.75. The van der Waals surface area contributed by atoms with Crippen molar-refractivity contribution < 1.29 is 19.1 Å². The van der Waals surface area contributed by atoms with E-state index < -0.39 is 29.9 Å². The molecule has 0 radical (unpaired) electrons. The Morgan fingerprint density at radius 2 is 1.87 bits per heavy atom. The largest absolute Gasteiger partial charge is 0.497 e. The maximum atomic E-state index is 13.1. The van der Waals surface area contributed by atoms with Gasteiger partial charge >= 0.3 is 6.03 Å². The van der Waals surface area contributed by atoms with Gasteiger partial charge in [0.1, 0.15) is 17.8 Å². The number of ether oxygens (including phenoxy) is 1. The number of rotatable bonds is 6. The molecule has 4 rings (SSSR count). The van der Waals surface area contributed by atoms with Crippen molar-refractivity contribution >= 4 is 34.8 Å². The van der Waals surface area contributed by atoms with Gasteiger partial charge < -0.3 is 14.6 Å². The van der Waals surface area contributed by atoms with Crippen molar-refractivity contribution in [2.75, 3.05) is 19.0 Å². The molecule has 1 aromatic heterocycles. The second-order valence-electron chi connectivity index (χ2n) is 7.39. The third-order valence-electron chi connectivity index (χ3n) is 5.47. The fraction of sp³-hybridized carbons (Fsp3) is 0.273. The molecule has 0 bridgehead atoms. The summed E-state index contributed by atoms with van der Waals surface area (Å²) in [6, 6.07) is 13.8. The maximum Gasteiger partial charge on any atom is 0.325 e. The zero-order valence-electron chi connectivity index (χ0n) is 17.5. The van der Waals surface area contributed by atoms with Crippen molar-refractivity contribution in [1.29, 1.82) is 0 Å². The number of para-hydroxylation sites is 2. The number of hydrogen-bond acceptors (Lipinski definition) is 5. The number of carbonyl (C=O) groups excluding carboxylic acids is 3. The first-order chi connectivity index (χ1) is 14.9. The Bertz CT molecular complexity index is 1170. The van der Waals surface area contributed by atoms with E-state index in [4.69, 9.17) is 4.74 Å². The highest BCUT2D eigenvalue weighted by molar-refractivity contribution is 6.10. The quantitative estimate of drug-likeness (QED) is 0.595. The molecule has 1 fully saturated rings. The molecule has 0 aliphatic carbocycles. The number of anilines is 1. The molecule has 4 amide bonds. The number of fused-ring (bicyclic) bond motifs is 1. The van der Waals surface area contributed by atoms with E-state index in [1.54, 1.807) is 38.3 Å². The molecule has 9 nitrogen and oxygen atoms in total. The first kappa shape index (κ1) is 20.4. The van der Waals surface area contributed by atoms with Crippen LogP contribution < -0.4 is 15.4 Å². The van der Waals surface area contributed by atoms with Gasteiger partial charge in [-0.15, -0.1) is 0 Å². The Morgan fingerprint density at radius 3 is 2.55 bits per heavy atom. The molecule has 31 heavy (non-hydrogen) atoms. The summed E-state index contributed by atoms with van der Waals surface area (Å²) >= 11 is 0. The van der Waals surface area contributed by atoms with Gasteiger partial charge in [-0.1, -0.05) is 24.3 Å². The van der Waals surface area contributed by atoms with E-state index in [1.807, 2.05) is 35.8 Å². The van der Waals surface area contributed by atoms with Gasteiger partial charge in [0.15, 0.2) is 0 Å². The van der Waals surface area contributed by atoms with Crippen LogP contribution in [0.25, 0.3) is 11.0 Å². The monoisotopic (exact) mass is 421 g/mol. The predicted octanol–water partition coefficient (Wildman–Crippen LogP) is 2.47. The van der Waals surface area contributed by atoms with Crippen molar-refractivity contribution in [3.8, 4) is 5.75 Å². The number of nitrogens with zero attached hydrogens (tertiary/aromatic N) is 3. The zero-order chi connectivity index (χ0) is 22.2. The zero-order valence-corrected chi connectivity index (χ0v) is 17.5. The second kappa shape index (κ2) is 7.75. The molecular weight excluding hydrogens is 398 g/mol. The molecule has 0 spiro atoms. The van der Waals surface area contributed by atoms with E-state index in [0.29, 0.717) is 23.8 Å². The Labute approximate surface area is 179 Å². The number of imidazole rings is 1. The highest BCUT2D eigenvalue weighted by Crippen LogP contribution is 2.30. The van der Waals surface area contributed by atoms with Crippen LogP contribution in [0, 0.1) is 0 Å². The molecule has 3 aromatic rings. The summed E-state index contributed by atoms with van der Waals surface area (Å²) in [4.78, 5) is 43.6. The van der Waals surface area contributed by atoms with E-state index in [9.17, 15) is 14.4 Å². The van der Waals surface area contributed by atoms with Crippen LogP contribution in [0.3, 0.4) is 0 Å². The molecular formula is C22H23N5O4. The van der Waals surface area contributed by atoms with E-state index in [2.05, 4.69) is 15.6 Å². The average molecular weight is 421 g/mol. The van der Waals surface area contributed by atoms with Gasteiger partial charge in [-0.25, -0.2) is 9.78 Å². The topological polar surface area (TPSA) is 106 Å². The number of carbonyl (C=O) groups is 3. The number of amides is 4. The lowest BCUT2D eigenvalue weighted by Gasteiger charge is -2.22. The molecule has 0 saturated carbocycles. The second-order valence-corrected chi connectivity index (χ2v) is 7.39. The first-order valence-corrected chi connectivity index (χ1v) is 9.91. The van der Waals surface area contributed by atoms with Crippen molar-refractivity contribution in [1.82, 2.24) is 19.8 Å². The number of hydrogen-bond donors (Lipinski definition) is 2. The molecule has 2 heterocycles. The highest BCUT2D eigenvalue weighted by Gasteiger charge is 2.49. The van der Waals surface area contributed by atoms with Gasteiger partial charge in [0.2, 0.25) is 11.9 Å². The van der Waals surface area contributed by atoms with Crippen LogP contribution in [0.4, 0.5) is 10.7 Å². The highest BCUT2D eigenvalue weighted by atomic mass is 16.5. The smallest absolute Gasteiger partial charge is 0.325 e. The van der Waals surface area contributed by atoms with Crippen LogP contribution in [0.15, 0.2) is 48.5 Å². The van der Waals surface area contributed by atoms with Gasteiger partial charge in [-0.3, -0.25) is 19.8 Å². The van der Waals surface area contributed by atoms with E-state index >= 15 is 0 Å². The van der Waals surface area contributed by atoms with E-state index in [-0.39, 0.29) is 0 Å². The third-order valence-corrected chi connectivity index (χ3v) is 5.47. The molecule has 1 unspecified atom stereocenters. The Balaban J connectivity index is 1.52. The Kier molecular flexibility index (Phi) is 5.10. The minimum atomic E-state index is -1.26. The van der Waals surface area contributed by atoms with Gasteiger partial charge in [-0.05, 0) is 43.7 Å². The van der Waals surface area contributed by atoms with Gasteiger partial charge in [0, 0.05) is 6.54 Å². The minimum absolute atomic E-state index is 0.374. The third kappa shape index (κ3) is 3.48. The molecule has 1 aliphatic rings. The predicted molar refractivity (Wildman–Crippen MR) is 115 cm³/mol. The lowest BCUT2D eigenvalue weighted by atomic mass is 9.92. The number of aryl methyl sites for hydroxylation is 1. The molecule has 2 N–H and O–H groups in total. The summed E-state index contributed by atoms with van der Waals surface area (Å²) < 4.78 is 7.00. The minimum Gasteiger partial charge on any atom is -0.497 e. The van der Waals surface area contributed by atoms with Crippen LogP contribution in [0.2, 0.25) is 0 Å². The van der Waals surface area contributed by atoms with Crippen LogP contribution in [0.1, 0.15) is 19.4 Å². The number of urea groups is 1. The number of nitrogens with one attached hydrogen (secondary N) is 2. The SMILES string of the molecule is CCn1c(NC(=O)CN2C(=O)NC(C)(c3ccc(OC)cc3)C2=O)nc2ccccc21. The Morgan fingerprint density at radius 1 is 1.16 bits per heavy atom. The molecule has 1 atom stereocenters. The summed E-state index contributed by atoms with van der Waals surface area (Å²) in [5.74, 6) is 0.00661. The van der Waals surface area contributed by atoms with E-state index in [1.165, 1.54) is 0 Å². The average Bonchev–Trinajstić information content (AvgIpc) is 3.23. The Hall–Kier alpha value is -3.88. The fourth-order valence-corrected chi connectivity index (χ4v) is 3.76. The van der Waals surface area contributed by atoms with Crippen molar-refractivity contribution in [3.63, 3.8) is 0 Å². The molecule has 1 saturated heterocycles. The molecule has 9 heteroatoms. The molecule has 160 valence electrons. The van der Waals surface area contributed by atoms with Crippen LogP contribution >= 0.6 is 0 Å². The summed E-state index contributed by atoms with van der Waals surface area (Å²) in [5.41, 5.74) is 0.978. The van der Waals surface area contributed by atoms with Gasteiger partial charge in [0.05, 0.1) is 18.1 Å². The van der Waals surface area contributed by atoms with Crippen molar-refractivity contribution in [3.05, 3.63) is 54.1 Å². The van der Waals surface area contributed by atoms with Crippen LogP contribution in [0.5, 0.6) is 5.75 Å². The first-order valence-electron chi connectivity index (χ1n) is 9.91. The molecule has 1 aliphatic heterocycles. The fourth-order valence-electron chi connectivity index (χ4n) is 3.76. The summed E-state index contributed by atoms with van der Waals surface area (Å²) in [6.07, 6.45) is 0. The van der Waals surface area contributed by atoms with Crippen molar-refractivity contribution in [2.45, 2.75) is 25.9 Å². The maximum absolute atomic E-state index is 13.1. The summed E-state index contributed by atoms with van der Waals surface area (Å²) in [7, 11) is 1.55. The van der Waals surface area contributed by atoms with Gasteiger partial charge in [-0.2, -0.15) is 0 Å². The lowest BCUT2D eigenvalue weighted by molar-refractivity contribution is -0.133.